The van der Waals surface area contributed by atoms with Crippen molar-refractivity contribution in [2.24, 2.45) is 5.92 Å². The van der Waals surface area contributed by atoms with Crippen molar-refractivity contribution in [2.45, 2.75) is 45.7 Å². The number of carbonyl (C=O) groups is 4. The summed E-state index contributed by atoms with van der Waals surface area (Å²) in [4.78, 5) is 47.1. The number of amides is 4. The average Bonchev–Trinajstić information content (AvgIpc) is 2.50. The van der Waals surface area contributed by atoms with E-state index in [9.17, 15) is 19.2 Å². The molecule has 4 amide bonds. The van der Waals surface area contributed by atoms with Crippen molar-refractivity contribution in [3.05, 3.63) is 0 Å². The summed E-state index contributed by atoms with van der Waals surface area (Å²) in [5, 5.41) is 13.8. The molecule has 1 aliphatic heterocycles. The van der Waals surface area contributed by atoms with E-state index in [1.54, 1.807) is 27.7 Å². The van der Waals surface area contributed by atoms with Crippen LogP contribution in [0.15, 0.2) is 0 Å². The van der Waals surface area contributed by atoms with E-state index in [-0.39, 0.29) is 12.3 Å². The number of aliphatic carboxylic acids is 1. The largest absolute Gasteiger partial charge is 0.481 e. The minimum Gasteiger partial charge on any atom is -0.481 e. The van der Waals surface area contributed by atoms with Crippen molar-refractivity contribution in [2.75, 3.05) is 6.54 Å². The van der Waals surface area contributed by atoms with E-state index in [0.717, 1.165) is 4.90 Å². The first-order chi connectivity index (χ1) is 9.54. The van der Waals surface area contributed by atoms with Crippen LogP contribution in [-0.4, -0.2) is 51.9 Å². The minimum absolute atomic E-state index is 0.0791. The fraction of sp³-hybridized carbons (Fsp3) is 0.692. The SMILES string of the molecule is CC(C)C(CC(=O)O)NC(=O)CN1C(=O)NC(C)(C)C1=O. The number of nitrogens with zero attached hydrogens (tertiary/aromatic N) is 1. The maximum absolute atomic E-state index is 11.9. The summed E-state index contributed by atoms with van der Waals surface area (Å²) in [7, 11) is 0. The molecule has 1 saturated heterocycles. The van der Waals surface area contributed by atoms with Gasteiger partial charge in [0.1, 0.15) is 12.1 Å². The molecule has 1 unspecified atom stereocenters. The van der Waals surface area contributed by atoms with Crippen LogP contribution in [0.5, 0.6) is 0 Å². The second-order valence-corrected chi connectivity index (χ2v) is 5.96. The van der Waals surface area contributed by atoms with Crippen LogP contribution in [-0.2, 0) is 14.4 Å². The second-order valence-electron chi connectivity index (χ2n) is 5.96. The number of nitrogens with one attached hydrogen (secondary N) is 2. The van der Waals surface area contributed by atoms with Crippen molar-refractivity contribution < 1.29 is 24.3 Å². The van der Waals surface area contributed by atoms with Crippen LogP contribution in [0.3, 0.4) is 0 Å². The molecule has 0 spiro atoms. The fourth-order valence-electron chi connectivity index (χ4n) is 2.00. The molecule has 1 fully saturated rings. The third kappa shape index (κ3) is 4.17. The molecule has 3 N–H and O–H groups in total. The van der Waals surface area contributed by atoms with E-state index in [4.69, 9.17) is 5.11 Å². The first-order valence-corrected chi connectivity index (χ1v) is 6.70. The molecule has 0 aromatic rings. The van der Waals surface area contributed by atoms with Crippen LogP contribution in [0.4, 0.5) is 4.79 Å². The van der Waals surface area contributed by atoms with Gasteiger partial charge in [-0.1, -0.05) is 13.8 Å². The Labute approximate surface area is 122 Å². The normalized spacial score (nSPS) is 18.6. The number of rotatable bonds is 6. The van der Waals surface area contributed by atoms with Crippen molar-refractivity contribution in [3.63, 3.8) is 0 Å². The molecule has 1 atom stereocenters. The molecule has 8 nitrogen and oxygen atoms in total. The van der Waals surface area contributed by atoms with Gasteiger partial charge in [0.15, 0.2) is 0 Å². The number of carboxylic acid groups (broad SMARTS) is 1. The molecular weight excluding hydrogens is 278 g/mol. The van der Waals surface area contributed by atoms with E-state index in [0.29, 0.717) is 0 Å². The van der Waals surface area contributed by atoms with Gasteiger partial charge >= 0.3 is 12.0 Å². The monoisotopic (exact) mass is 299 g/mol. The van der Waals surface area contributed by atoms with Crippen LogP contribution in [0, 0.1) is 5.92 Å². The second kappa shape index (κ2) is 6.11. The highest BCUT2D eigenvalue weighted by Crippen LogP contribution is 2.16. The molecule has 21 heavy (non-hydrogen) atoms. The Morgan fingerprint density at radius 3 is 2.29 bits per heavy atom. The third-order valence-corrected chi connectivity index (χ3v) is 3.29. The summed E-state index contributed by atoms with van der Waals surface area (Å²) < 4.78 is 0. The molecule has 0 aromatic heterocycles. The quantitative estimate of drug-likeness (QED) is 0.594. The smallest absolute Gasteiger partial charge is 0.325 e. The highest BCUT2D eigenvalue weighted by Gasteiger charge is 2.44. The standard InChI is InChI=1S/C13H21N3O5/c1-7(2)8(5-10(18)19)14-9(17)6-16-11(20)13(3,4)15-12(16)21/h7-8H,5-6H2,1-4H3,(H,14,17)(H,15,21)(H,18,19). The lowest BCUT2D eigenvalue weighted by atomic mass is 10.0. The van der Waals surface area contributed by atoms with Gasteiger partial charge in [-0.05, 0) is 19.8 Å². The summed E-state index contributed by atoms with van der Waals surface area (Å²) in [5.74, 6) is -2.15. The predicted octanol–water partition coefficient (Wildman–Crippen LogP) is -0.0677. The van der Waals surface area contributed by atoms with Gasteiger partial charge in [0.2, 0.25) is 5.91 Å². The zero-order chi connectivity index (χ0) is 16.4. The van der Waals surface area contributed by atoms with E-state index in [2.05, 4.69) is 10.6 Å². The lowest BCUT2D eigenvalue weighted by molar-refractivity contribution is -0.138. The van der Waals surface area contributed by atoms with Crippen molar-refractivity contribution in [1.82, 2.24) is 15.5 Å². The van der Waals surface area contributed by atoms with Crippen LogP contribution >= 0.6 is 0 Å². The molecule has 0 bridgehead atoms. The molecule has 0 aromatic carbocycles. The van der Waals surface area contributed by atoms with Crippen molar-refractivity contribution in [3.8, 4) is 0 Å². The van der Waals surface area contributed by atoms with Gasteiger partial charge in [-0.15, -0.1) is 0 Å². The molecule has 1 heterocycles. The highest BCUT2D eigenvalue weighted by atomic mass is 16.4. The van der Waals surface area contributed by atoms with E-state index in [1.165, 1.54) is 0 Å². The van der Waals surface area contributed by atoms with Gasteiger partial charge in [0, 0.05) is 6.04 Å². The molecule has 8 heteroatoms. The van der Waals surface area contributed by atoms with E-state index in [1.807, 2.05) is 0 Å². The van der Waals surface area contributed by atoms with Gasteiger partial charge in [-0.2, -0.15) is 0 Å². The average molecular weight is 299 g/mol. The zero-order valence-corrected chi connectivity index (χ0v) is 12.6. The summed E-state index contributed by atoms with van der Waals surface area (Å²) >= 11 is 0. The summed E-state index contributed by atoms with van der Waals surface area (Å²) in [5.41, 5.74) is -1.03. The maximum Gasteiger partial charge on any atom is 0.325 e. The Morgan fingerprint density at radius 2 is 1.90 bits per heavy atom. The van der Waals surface area contributed by atoms with Gasteiger partial charge in [-0.25, -0.2) is 4.79 Å². The van der Waals surface area contributed by atoms with Crippen LogP contribution in [0.2, 0.25) is 0 Å². The predicted molar refractivity (Wildman–Crippen MR) is 73.3 cm³/mol. The Kier molecular flexibility index (Phi) is 4.93. The lowest BCUT2D eigenvalue weighted by Gasteiger charge is -2.22. The summed E-state index contributed by atoms with van der Waals surface area (Å²) in [6, 6.07) is -1.18. The zero-order valence-electron chi connectivity index (χ0n) is 12.6. The topological polar surface area (TPSA) is 116 Å². The number of urea groups is 1. The molecule has 1 aliphatic rings. The Bertz CT molecular complexity index is 472. The van der Waals surface area contributed by atoms with E-state index < -0.39 is 41.9 Å². The Morgan fingerprint density at radius 1 is 1.33 bits per heavy atom. The van der Waals surface area contributed by atoms with Gasteiger partial charge in [0.05, 0.1) is 6.42 Å². The molecule has 0 radical (unpaired) electrons. The van der Waals surface area contributed by atoms with Crippen molar-refractivity contribution in [1.29, 1.82) is 0 Å². The number of carboxylic acids is 1. The van der Waals surface area contributed by atoms with E-state index >= 15 is 0 Å². The number of imide groups is 1. The molecule has 118 valence electrons. The molecule has 0 saturated carbocycles. The molecule has 0 aliphatic carbocycles. The first kappa shape index (κ1) is 16.9. The number of hydrogen-bond acceptors (Lipinski definition) is 4. The maximum atomic E-state index is 11.9. The summed E-state index contributed by atoms with van der Waals surface area (Å²) in [6.07, 6.45) is -0.213. The first-order valence-electron chi connectivity index (χ1n) is 6.70. The van der Waals surface area contributed by atoms with Crippen LogP contribution in [0.25, 0.3) is 0 Å². The van der Waals surface area contributed by atoms with Crippen LogP contribution < -0.4 is 10.6 Å². The number of carbonyl (C=O) groups excluding carboxylic acids is 3. The Balaban J connectivity index is 2.67. The van der Waals surface area contributed by atoms with Crippen molar-refractivity contribution >= 4 is 23.8 Å². The minimum atomic E-state index is -1.03. The van der Waals surface area contributed by atoms with Gasteiger partial charge < -0.3 is 15.7 Å². The van der Waals surface area contributed by atoms with Crippen LogP contribution in [0.1, 0.15) is 34.1 Å². The molecular formula is C13H21N3O5. The van der Waals surface area contributed by atoms with Gasteiger partial charge in [-0.3, -0.25) is 19.3 Å². The lowest BCUT2D eigenvalue weighted by Crippen LogP contribution is -2.47. The summed E-state index contributed by atoms with van der Waals surface area (Å²) in [6.45, 7) is 6.24. The number of hydrogen-bond donors (Lipinski definition) is 3. The highest BCUT2D eigenvalue weighted by molar-refractivity contribution is 6.08. The fourth-order valence-corrected chi connectivity index (χ4v) is 2.00. The molecule has 1 rings (SSSR count). The third-order valence-electron chi connectivity index (χ3n) is 3.29. The van der Waals surface area contributed by atoms with Gasteiger partial charge in [0.25, 0.3) is 5.91 Å². The Hall–Kier alpha value is -2.12.